The molecule has 130 valence electrons. The summed E-state index contributed by atoms with van der Waals surface area (Å²) in [5, 5.41) is 0. The van der Waals surface area contributed by atoms with Crippen LogP contribution in [0, 0.1) is 17.3 Å². The molecule has 0 aliphatic carbocycles. The molecule has 0 saturated carbocycles. The molecule has 1 aromatic carbocycles. The Hall–Kier alpha value is -3.04. The molecular formula is C20H17N3O3. The fourth-order valence-corrected chi connectivity index (χ4v) is 3.46. The van der Waals surface area contributed by atoms with Gasteiger partial charge in [0.2, 0.25) is 5.88 Å². The molecule has 0 amide bonds. The molecule has 5 rings (SSSR count). The maximum Gasteiger partial charge on any atom is 0.283 e. The molecule has 3 aliphatic heterocycles. The molecule has 1 saturated heterocycles. The van der Waals surface area contributed by atoms with Crippen LogP contribution in [0.5, 0.6) is 11.6 Å². The van der Waals surface area contributed by atoms with Crippen LogP contribution in [0.25, 0.3) is 0 Å². The average Bonchev–Trinajstić information content (AvgIpc) is 3.01. The zero-order chi connectivity index (χ0) is 17.8. The van der Waals surface area contributed by atoms with E-state index in [4.69, 9.17) is 19.9 Å². The van der Waals surface area contributed by atoms with E-state index in [2.05, 4.69) is 28.7 Å². The van der Waals surface area contributed by atoms with Crippen LogP contribution < -0.4 is 10.5 Å². The van der Waals surface area contributed by atoms with Crippen LogP contribution in [-0.4, -0.2) is 30.8 Å². The summed E-state index contributed by atoms with van der Waals surface area (Å²) in [6.45, 7) is 3.73. The van der Waals surface area contributed by atoms with Crippen LogP contribution >= 0.6 is 0 Å². The number of aliphatic imine (C=N–C) groups is 1. The number of amidine groups is 1. The molecule has 2 N–H and O–H groups in total. The number of hydrogen-bond donors (Lipinski definition) is 1. The number of fused-ring (bicyclic) bond motifs is 4. The molecule has 3 aliphatic rings. The first-order valence-electron chi connectivity index (χ1n) is 8.45. The Bertz CT molecular complexity index is 1000. The van der Waals surface area contributed by atoms with Gasteiger partial charge in [0, 0.05) is 17.3 Å². The van der Waals surface area contributed by atoms with E-state index in [1.807, 2.05) is 30.3 Å². The minimum atomic E-state index is -0.748. The topological polar surface area (TPSA) is 79.0 Å². The molecule has 1 spiro atoms. The highest BCUT2D eigenvalue weighted by Gasteiger charge is 2.47. The number of nitrogens with zero attached hydrogens (tertiary/aromatic N) is 2. The Morgan fingerprint density at radius 1 is 1.15 bits per heavy atom. The monoisotopic (exact) mass is 347 g/mol. The first kappa shape index (κ1) is 15.2. The second kappa shape index (κ2) is 5.23. The summed E-state index contributed by atoms with van der Waals surface area (Å²) in [7, 11) is 0. The van der Waals surface area contributed by atoms with E-state index in [1.165, 1.54) is 0 Å². The second-order valence-electron chi connectivity index (χ2n) is 7.08. The Morgan fingerprint density at radius 2 is 2.00 bits per heavy atom. The number of para-hydroxylation sites is 1. The maximum atomic E-state index is 5.99. The largest absolute Gasteiger partial charge is 0.462 e. The van der Waals surface area contributed by atoms with E-state index in [0.717, 1.165) is 16.7 Å². The Kier molecular flexibility index (Phi) is 3.06. The second-order valence-corrected chi connectivity index (χ2v) is 7.08. The van der Waals surface area contributed by atoms with Gasteiger partial charge in [0.05, 0.1) is 24.2 Å². The predicted octanol–water partition coefficient (Wildman–Crippen LogP) is 2.16. The number of pyridine rings is 1. The molecule has 26 heavy (non-hydrogen) atoms. The fraction of sp³-hybridized carbons (Fsp3) is 0.300. The Morgan fingerprint density at radius 3 is 2.73 bits per heavy atom. The van der Waals surface area contributed by atoms with Gasteiger partial charge in [-0.2, -0.15) is 0 Å². The first-order valence-corrected chi connectivity index (χ1v) is 8.45. The van der Waals surface area contributed by atoms with E-state index >= 15 is 0 Å². The van der Waals surface area contributed by atoms with Crippen molar-refractivity contribution in [3.8, 4) is 23.5 Å². The van der Waals surface area contributed by atoms with Crippen molar-refractivity contribution >= 4 is 6.02 Å². The lowest BCUT2D eigenvalue weighted by Gasteiger charge is -2.33. The number of nitrogens with two attached hydrogens (primary N) is 1. The van der Waals surface area contributed by atoms with Crippen molar-refractivity contribution in [2.45, 2.75) is 12.5 Å². The maximum absolute atomic E-state index is 5.99. The van der Waals surface area contributed by atoms with E-state index in [0.29, 0.717) is 31.5 Å². The Labute approximate surface area is 151 Å². The van der Waals surface area contributed by atoms with Crippen LogP contribution in [0.15, 0.2) is 41.5 Å². The standard InChI is InChI=1S/C20H17N3O3/c1-19(10-24-11-19)7-6-13-8-15-17(22-9-13)26-16-5-3-2-4-14(16)20(15)12-25-18(21)23-20/h2-5,8-9H,10-12H2,1H3,(H2,21,23)/t20-/m0/s1. The number of hydrogen-bond acceptors (Lipinski definition) is 6. The van der Waals surface area contributed by atoms with Crippen molar-refractivity contribution in [1.29, 1.82) is 0 Å². The highest BCUT2D eigenvalue weighted by Crippen LogP contribution is 2.49. The summed E-state index contributed by atoms with van der Waals surface area (Å²) in [4.78, 5) is 9.11. The first-order chi connectivity index (χ1) is 12.6. The molecule has 0 unspecified atom stereocenters. The summed E-state index contributed by atoms with van der Waals surface area (Å²) < 4.78 is 16.8. The van der Waals surface area contributed by atoms with Crippen molar-refractivity contribution in [2.24, 2.45) is 16.1 Å². The molecular weight excluding hydrogens is 330 g/mol. The SMILES string of the molecule is CC1(C#Cc2cnc3c(c2)[C@]2(COC(N)=N2)c2ccccc2O3)COC1. The van der Waals surface area contributed by atoms with E-state index in [9.17, 15) is 0 Å². The van der Waals surface area contributed by atoms with Crippen molar-refractivity contribution in [3.63, 3.8) is 0 Å². The summed E-state index contributed by atoms with van der Waals surface area (Å²) in [5.74, 6) is 7.71. The van der Waals surface area contributed by atoms with Gasteiger partial charge in [-0.25, -0.2) is 9.98 Å². The van der Waals surface area contributed by atoms with E-state index in [1.54, 1.807) is 6.20 Å². The summed E-state index contributed by atoms with van der Waals surface area (Å²) in [5.41, 5.74) is 7.56. The summed E-state index contributed by atoms with van der Waals surface area (Å²) in [6.07, 6.45) is 1.72. The van der Waals surface area contributed by atoms with Crippen molar-refractivity contribution in [3.05, 3.63) is 53.2 Å². The normalized spacial score (nSPS) is 24.1. The van der Waals surface area contributed by atoms with Gasteiger partial charge in [0.15, 0.2) is 5.54 Å². The van der Waals surface area contributed by atoms with Crippen molar-refractivity contribution < 1.29 is 14.2 Å². The molecule has 4 heterocycles. The quantitative estimate of drug-likeness (QED) is 0.739. The smallest absolute Gasteiger partial charge is 0.283 e. The Balaban J connectivity index is 1.64. The third kappa shape index (κ3) is 2.18. The zero-order valence-electron chi connectivity index (χ0n) is 14.3. The van der Waals surface area contributed by atoms with Gasteiger partial charge >= 0.3 is 0 Å². The van der Waals surface area contributed by atoms with Crippen LogP contribution in [0.3, 0.4) is 0 Å². The zero-order valence-corrected chi connectivity index (χ0v) is 14.3. The van der Waals surface area contributed by atoms with Gasteiger partial charge in [0.25, 0.3) is 6.02 Å². The van der Waals surface area contributed by atoms with Crippen LogP contribution in [0.2, 0.25) is 0 Å². The highest BCUT2D eigenvalue weighted by atomic mass is 16.5. The number of benzene rings is 1. The highest BCUT2D eigenvalue weighted by molar-refractivity contribution is 5.76. The third-order valence-corrected chi connectivity index (χ3v) is 4.92. The average molecular weight is 347 g/mol. The lowest BCUT2D eigenvalue weighted by Crippen LogP contribution is -2.38. The van der Waals surface area contributed by atoms with E-state index < -0.39 is 5.54 Å². The van der Waals surface area contributed by atoms with Crippen LogP contribution in [0.4, 0.5) is 0 Å². The number of aromatic nitrogens is 1. The van der Waals surface area contributed by atoms with E-state index in [-0.39, 0.29) is 11.4 Å². The molecule has 6 nitrogen and oxygen atoms in total. The molecule has 1 fully saturated rings. The van der Waals surface area contributed by atoms with Gasteiger partial charge in [0.1, 0.15) is 12.4 Å². The van der Waals surface area contributed by atoms with Gasteiger partial charge in [-0.05, 0) is 19.1 Å². The molecule has 1 atom stereocenters. The van der Waals surface area contributed by atoms with Crippen LogP contribution in [-0.2, 0) is 15.0 Å². The minimum Gasteiger partial charge on any atom is -0.462 e. The minimum absolute atomic E-state index is 0.0876. The molecule has 0 bridgehead atoms. The predicted molar refractivity (Wildman–Crippen MR) is 94.9 cm³/mol. The molecule has 1 aromatic heterocycles. The van der Waals surface area contributed by atoms with Crippen molar-refractivity contribution in [1.82, 2.24) is 4.98 Å². The van der Waals surface area contributed by atoms with Crippen LogP contribution in [0.1, 0.15) is 23.6 Å². The molecule has 0 radical (unpaired) electrons. The van der Waals surface area contributed by atoms with Gasteiger partial charge in [-0.15, -0.1) is 0 Å². The lowest BCUT2D eigenvalue weighted by molar-refractivity contribution is -0.0648. The van der Waals surface area contributed by atoms with Gasteiger partial charge in [-0.3, -0.25) is 0 Å². The summed E-state index contributed by atoms with van der Waals surface area (Å²) >= 11 is 0. The molecule has 2 aromatic rings. The number of rotatable bonds is 0. The number of ether oxygens (including phenoxy) is 3. The molecule has 6 heteroatoms. The fourth-order valence-electron chi connectivity index (χ4n) is 3.46. The summed E-state index contributed by atoms with van der Waals surface area (Å²) in [6, 6.07) is 9.89. The lowest BCUT2D eigenvalue weighted by atomic mass is 9.82. The van der Waals surface area contributed by atoms with Gasteiger partial charge in [-0.1, -0.05) is 30.0 Å². The third-order valence-electron chi connectivity index (χ3n) is 4.92. The van der Waals surface area contributed by atoms with Gasteiger partial charge < -0.3 is 19.9 Å². The van der Waals surface area contributed by atoms with Crippen molar-refractivity contribution in [2.75, 3.05) is 19.8 Å².